The van der Waals surface area contributed by atoms with E-state index < -0.39 is 9.84 Å². The van der Waals surface area contributed by atoms with Gasteiger partial charge in [-0.3, -0.25) is 0 Å². The Labute approximate surface area is 123 Å². The van der Waals surface area contributed by atoms with Crippen molar-refractivity contribution >= 4 is 26.4 Å². The zero-order valence-corrected chi connectivity index (χ0v) is 12.4. The Kier molecular flexibility index (Phi) is 3.43. The van der Waals surface area contributed by atoms with Crippen LogP contribution in [0.2, 0.25) is 0 Å². The number of benzene rings is 2. The third kappa shape index (κ3) is 2.92. The molecule has 0 spiro atoms. The molecule has 4 nitrogen and oxygen atoms in total. The van der Waals surface area contributed by atoms with Crippen LogP contribution in [0.25, 0.3) is 10.9 Å². The molecular weight excluding hydrogens is 284 g/mol. The number of H-pyrrole nitrogens is 1. The van der Waals surface area contributed by atoms with Gasteiger partial charge in [-0.15, -0.1) is 0 Å². The molecule has 2 aromatic carbocycles. The van der Waals surface area contributed by atoms with Gasteiger partial charge in [0.15, 0.2) is 9.84 Å². The molecule has 0 bridgehead atoms. The number of hydrogen-bond donors (Lipinski definition) is 2. The van der Waals surface area contributed by atoms with Crippen LogP contribution in [0.5, 0.6) is 0 Å². The Morgan fingerprint density at radius 3 is 2.71 bits per heavy atom. The number of fused-ring (bicyclic) bond motifs is 1. The third-order valence-electron chi connectivity index (χ3n) is 3.39. The highest BCUT2D eigenvalue weighted by Gasteiger charge is 2.12. The van der Waals surface area contributed by atoms with Crippen LogP contribution >= 0.6 is 0 Å². The maximum atomic E-state index is 11.8. The average molecular weight is 300 g/mol. The first kappa shape index (κ1) is 13.7. The van der Waals surface area contributed by atoms with Gasteiger partial charge < -0.3 is 10.3 Å². The van der Waals surface area contributed by atoms with E-state index in [1.165, 1.54) is 6.26 Å². The molecule has 1 aromatic heterocycles. The standard InChI is InChI=1S/C16H16N2O2S/c1-21(19,20)16-5-3-2-4-15(16)18-11-12-6-7-14-13(10-12)8-9-17-14/h2-10,17-18H,11H2,1H3. The second-order valence-electron chi connectivity index (χ2n) is 5.02. The van der Waals surface area contributed by atoms with Gasteiger partial charge in [-0.05, 0) is 41.3 Å². The van der Waals surface area contributed by atoms with Gasteiger partial charge in [0, 0.05) is 24.5 Å². The molecule has 0 saturated heterocycles. The van der Waals surface area contributed by atoms with Crippen molar-refractivity contribution in [2.24, 2.45) is 0 Å². The van der Waals surface area contributed by atoms with Gasteiger partial charge in [-0.2, -0.15) is 0 Å². The summed E-state index contributed by atoms with van der Waals surface area (Å²) in [6.45, 7) is 0.577. The van der Waals surface area contributed by atoms with Gasteiger partial charge in [0.25, 0.3) is 0 Å². The fourth-order valence-corrected chi connectivity index (χ4v) is 3.21. The molecule has 5 heteroatoms. The smallest absolute Gasteiger partial charge is 0.177 e. The number of aromatic nitrogens is 1. The molecule has 3 aromatic rings. The Hall–Kier alpha value is -2.27. The monoisotopic (exact) mass is 300 g/mol. The van der Waals surface area contributed by atoms with Gasteiger partial charge in [0.1, 0.15) is 0 Å². The highest BCUT2D eigenvalue weighted by atomic mass is 32.2. The van der Waals surface area contributed by atoms with E-state index in [4.69, 9.17) is 0 Å². The lowest BCUT2D eigenvalue weighted by atomic mass is 10.1. The van der Waals surface area contributed by atoms with E-state index in [1.54, 1.807) is 18.2 Å². The fraction of sp³-hybridized carbons (Fsp3) is 0.125. The van der Waals surface area contributed by atoms with Crippen molar-refractivity contribution in [3.05, 3.63) is 60.3 Å². The summed E-state index contributed by atoms with van der Waals surface area (Å²) in [5.41, 5.74) is 2.83. The summed E-state index contributed by atoms with van der Waals surface area (Å²) in [6, 6.07) is 15.1. The van der Waals surface area contributed by atoms with Crippen molar-refractivity contribution in [3.8, 4) is 0 Å². The average Bonchev–Trinajstić information content (AvgIpc) is 2.92. The molecule has 0 aliphatic heterocycles. The summed E-state index contributed by atoms with van der Waals surface area (Å²) in [5, 5.41) is 4.35. The van der Waals surface area contributed by atoms with Gasteiger partial charge in [0.2, 0.25) is 0 Å². The first-order valence-corrected chi connectivity index (χ1v) is 8.52. The van der Waals surface area contributed by atoms with Crippen LogP contribution < -0.4 is 5.32 Å². The molecule has 0 aliphatic carbocycles. The zero-order valence-electron chi connectivity index (χ0n) is 11.6. The van der Waals surface area contributed by atoms with Crippen molar-refractivity contribution < 1.29 is 8.42 Å². The van der Waals surface area contributed by atoms with E-state index in [1.807, 2.05) is 30.5 Å². The molecule has 1 heterocycles. The lowest BCUT2D eigenvalue weighted by molar-refractivity contribution is 0.602. The number of para-hydroxylation sites is 1. The summed E-state index contributed by atoms with van der Waals surface area (Å²) in [4.78, 5) is 3.48. The number of aromatic amines is 1. The molecule has 2 N–H and O–H groups in total. The number of rotatable bonds is 4. The SMILES string of the molecule is CS(=O)(=O)c1ccccc1NCc1ccc2[nH]ccc2c1. The maximum absolute atomic E-state index is 11.8. The van der Waals surface area contributed by atoms with Gasteiger partial charge in [0.05, 0.1) is 10.6 Å². The Morgan fingerprint density at radius 1 is 1.10 bits per heavy atom. The Morgan fingerprint density at radius 2 is 1.90 bits per heavy atom. The molecule has 21 heavy (non-hydrogen) atoms. The minimum Gasteiger partial charge on any atom is -0.380 e. The summed E-state index contributed by atoms with van der Waals surface area (Å²) in [6.07, 6.45) is 3.13. The molecule has 0 amide bonds. The fourth-order valence-electron chi connectivity index (χ4n) is 2.35. The van der Waals surface area contributed by atoms with Crippen LogP contribution in [0.1, 0.15) is 5.56 Å². The molecule has 0 atom stereocenters. The van der Waals surface area contributed by atoms with Gasteiger partial charge in [-0.1, -0.05) is 18.2 Å². The second-order valence-corrected chi connectivity index (χ2v) is 7.01. The van der Waals surface area contributed by atoms with E-state index in [2.05, 4.69) is 16.4 Å². The first-order chi connectivity index (χ1) is 10.0. The van der Waals surface area contributed by atoms with E-state index in [0.717, 1.165) is 16.5 Å². The largest absolute Gasteiger partial charge is 0.380 e. The number of anilines is 1. The normalized spacial score (nSPS) is 11.7. The van der Waals surface area contributed by atoms with E-state index in [-0.39, 0.29) is 0 Å². The molecular formula is C16H16N2O2S. The molecule has 0 radical (unpaired) electrons. The van der Waals surface area contributed by atoms with E-state index >= 15 is 0 Å². The Bertz CT molecular complexity index is 882. The number of nitrogens with one attached hydrogen (secondary N) is 2. The maximum Gasteiger partial charge on any atom is 0.177 e. The zero-order chi connectivity index (χ0) is 14.9. The van der Waals surface area contributed by atoms with Gasteiger partial charge in [-0.25, -0.2) is 8.42 Å². The minimum absolute atomic E-state index is 0.327. The molecule has 3 rings (SSSR count). The third-order valence-corrected chi connectivity index (χ3v) is 4.54. The van der Waals surface area contributed by atoms with Crippen LogP contribution in [-0.4, -0.2) is 19.7 Å². The topological polar surface area (TPSA) is 62.0 Å². The second kappa shape index (κ2) is 5.26. The van der Waals surface area contributed by atoms with Crippen LogP contribution in [0.15, 0.2) is 59.6 Å². The molecule has 0 aliphatic rings. The van der Waals surface area contributed by atoms with Crippen LogP contribution in [0.4, 0.5) is 5.69 Å². The lowest BCUT2D eigenvalue weighted by Gasteiger charge is -2.11. The number of hydrogen-bond acceptors (Lipinski definition) is 3. The first-order valence-electron chi connectivity index (χ1n) is 6.63. The quantitative estimate of drug-likeness (QED) is 0.778. The predicted molar refractivity (Wildman–Crippen MR) is 85.2 cm³/mol. The van der Waals surface area contributed by atoms with Gasteiger partial charge >= 0.3 is 0 Å². The molecule has 108 valence electrons. The van der Waals surface area contributed by atoms with Crippen LogP contribution in [0, 0.1) is 0 Å². The van der Waals surface area contributed by atoms with E-state index in [0.29, 0.717) is 17.1 Å². The van der Waals surface area contributed by atoms with Crippen LogP contribution in [-0.2, 0) is 16.4 Å². The Balaban J connectivity index is 1.85. The molecule has 0 unspecified atom stereocenters. The van der Waals surface area contributed by atoms with Crippen LogP contribution in [0.3, 0.4) is 0 Å². The molecule has 0 fully saturated rings. The van der Waals surface area contributed by atoms with Crippen molar-refractivity contribution in [1.29, 1.82) is 0 Å². The van der Waals surface area contributed by atoms with Crippen molar-refractivity contribution in [2.75, 3.05) is 11.6 Å². The summed E-state index contributed by atoms with van der Waals surface area (Å²) in [5.74, 6) is 0. The highest BCUT2D eigenvalue weighted by Crippen LogP contribution is 2.22. The summed E-state index contributed by atoms with van der Waals surface area (Å²) < 4.78 is 23.5. The van der Waals surface area contributed by atoms with Crippen molar-refractivity contribution in [3.63, 3.8) is 0 Å². The highest BCUT2D eigenvalue weighted by molar-refractivity contribution is 7.90. The number of sulfone groups is 1. The molecule has 0 saturated carbocycles. The van der Waals surface area contributed by atoms with E-state index in [9.17, 15) is 8.42 Å². The van der Waals surface area contributed by atoms with Crippen molar-refractivity contribution in [2.45, 2.75) is 11.4 Å². The predicted octanol–water partition coefficient (Wildman–Crippen LogP) is 3.18. The lowest BCUT2D eigenvalue weighted by Crippen LogP contribution is -2.06. The summed E-state index contributed by atoms with van der Waals surface area (Å²) in [7, 11) is -3.23. The van der Waals surface area contributed by atoms with Crippen molar-refractivity contribution in [1.82, 2.24) is 4.98 Å². The minimum atomic E-state index is -3.23. The summed E-state index contributed by atoms with van der Waals surface area (Å²) >= 11 is 0.